The molecule has 1 saturated heterocycles. The summed E-state index contributed by atoms with van der Waals surface area (Å²) in [6.45, 7) is 4.69. The van der Waals surface area contributed by atoms with E-state index in [4.69, 9.17) is 9.51 Å². The SMILES string of the molecule is FC(F)(F)c1cccc(-c2noc(CN3CCN(Cc4csc(-c5ccccc5)n4)CC3)n2)c1. The predicted octanol–water partition coefficient (Wildman–Crippen LogP) is 5.20. The second-order valence-electron chi connectivity index (χ2n) is 8.15. The number of aromatic nitrogens is 3. The van der Waals surface area contributed by atoms with Crippen molar-refractivity contribution in [3.63, 3.8) is 0 Å². The topological polar surface area (TPSA) is 58.3 Å². The van der Waals surface area contributed by atoms with E-state index in [-0.39, 0.29) is 11.4 Å². The van der Waals surface area contributed by atoms with Crippen molar-refractivity contribution in [2.45, 2.75) is 19.3 Å². The van der Waals surface area contributed by atoms with Gasteiger partial charge in [0, 0.05) is 49.2 Å². The van der Waals surface area contributed by atoms with E-state index in [1.807, 2.05) is 18.2 Å². The van der Waals surface area contributed by atoms with Crippen molar-refractivity contribution in [2.24, 2.45) is 0 Å². The summed E-state index contributed by atoms with van der Waals surface area (Å²) in [6, 6.07) is 15.1. The second-order valence-corrected chi connectivity index (χ2v) is 9.01. The summed E-state index contributed by atoms with van der Waals surface area (Å²) in [5, 5.41) is 7.02. The van der Waals surface area contributed by atoms with Gasteiger partial charge in [0.2, 0.25) is 11.7 Å². The van der Waals surface area contributed by atoms with Crippen molar-refractivity contribution in [1.29, 1.82) is 0 Å². The second kappa shape index (κ2) is 9.65. The van der Waals surface area contributed by atoms with Crippen LogP contribution >= 0.6 is 11.3 Å². The lowest BCUT2D eigenvalue weighted by molar-refractivity contribution is -0.137. The van der Waals surface area contributed by atoms with E-state index in [1.54, 1.807) is 17.4 Å². The van der Waals surface area contributed by atoms with Gasteiger partial charge in [-0.2, -0.15) is 18.2 Å². The molecule has 0 aliphatic carbocycles. The van der Waals surface area contributed by atoms with Gasteiger partial charge < -0.3 is 4.52 Å². The number of piperazine rings is 1. The number of rotatable bonds is 6. The number of thiazole rings is 1. The molecule has 0 atom stereocenters. The van der Waals surface area contributed by atoms with Gasteiger partial charge in [0.25, 0.3) is 0 Å². The van der Waals surface area contributed by atoms with Gasteiger partial charge in [-0.1, -0.05) is 47.6 Å². The van der Waals surface area contributed by atoms with E-state index >= 15 is 0 Å². The van der Waals surface area contributed by atoms with Crippen molar-refractivity contribution in [2.75, 3.05) is 26.2 Å². The van der Waals surface area contributed by atoms with Crippen LogP contribution in [-0.2, 0) is 19.3 Å². The van der Waals surface area contributed by atoms with Crippen molar-refractivity contribution in [3.8, 4) is 22.0 Å². The zero-order valence-electron chi connectivity index (χ0n) is 18.2. The number of nitrogens with zero attached hydrogens (tertiary/aromatic N) is 5. The van der Waals surface area contributed by atoms with Gasteiger partial charge in [0.1, 0.15) is 5.01 Å². The van der Waals surface area contributed by atoms with Gasteiger partial charge in [0.05, 0.1) is 17.8 Å². The molecule has 176 valence electrons. The number of benzene rings is 2. The van der Waals surface area contributed by atoms with Crippen LogP contribution in [0.1, 0.15) is 17.1 Å². The first-order valence-electron chi connectivity index (χ1n) is 10.9. The Kier molecular flexibility index (Phi) is 6.44. The highest BCUT2D eigenvalue weighted by Gasteiger charge is 2.31. The first-order valence-corrected chi connectivity index (χ1v) is 11.8. The van der Waals surface area contributed by atoms with E-state index in [0.29, 0.717) is 12.4 Å². The normalized spacial score (nSPS) is 15.6. The van der Waals surface area contributed by atoms with Crippen LogP contribution in [0.3, 0.4) is 0 Å². The Bertz CT molecular complexity index is 1230. The van der Waals surface area contributed by atoms with Gasteiger partial charge in [-0.15, -0.1) is 11.3 Å². The highest BCUT2D eigenvalue weighted by Crippen LogP contribution is 2.31. The monoisotopic (exact) mass is 485 g/mol. The van der Waals surface area contributed by atoms with Crippen LogP contribution in [0.25, 0.3) is 22.0 Å². The average molecular weight is 486 g/mol. The molecular formula is C24H22F3N5OS. The molecule has 2 aromatic carbocycles. The molecule has 0 spiro atoms. The standard InChI is InChI=1S/C24H22F3N5OS/c25-24(26,27)19-8-4-7-18(13-19)22-29-21(33-30-22)15-32-11-9-31(10-12-32)14-20-16-34-23(28-20)17-5-2-1-3-6-17/h1-8,13,16H,9-12,14-15H2. The maximum Gasteiger partial charge on any atom is 0.416 e. The minimum atomic E-state index is -4.41. The molecule has 0 N–H and O–H groups in total. The Balaban J connectivity index is 1.14. The molecule has 1 fully saturated rings. The summed E-state index contributed by atoms with van der Waals surface area (Å²) in [5.74, 6) is 0.561. The van der Waals surface area contributed by atoms with E-state index in [2.05, 4.69) is 37.5 Å². The van der Waals surface area contributed by atoms with Crippen LogP contribution in [0.5, 0.6) is 0 Å². The fraction of sp³-hybridized carbons (Fsp3) is 0.292. The molecular weight excluding hydrogens is 463 g/mol. The molecule has 34 heavy (non-hydrogen) atoms. The van der Waals surface area contributed by atoms with Crippen molar-refractivity contribution in [3.05, 3.63) is 77.1 Å². The van der Waals surface area contributed by atoms with Crippen LogP contribution in [0.4, 0.5) is 13.2 Å². The lowest BCUT2D eigenvalue weighted by Crippen LogP contribution is -2.45. The predicted molar refractivity (Wildman–Crippen MR) is 123 cm³/mol. The Morgan fingerprint density at radius 2 is 1.56 bits per heavy atom. The van der Waals surface area contributed by atoms with Crippen molar-refractivity contribution < 1.29 is 17.7 Å². The third-order valence-electron chi connectivity index (χ3n) is 5.70. The summed E-state index contributed by atoms with van der Waals surface area (Å²) in [5.41, 5.74) is 1.75. The summed E-state index contributed by atoms with van der Waals surface area (Å²) in [7, 11) is 0. The highest BCUT2D eigenvalue weighted by molar-refractivity contribution is 7.13. The molecule has 3 heterocycles. The third kappa shape index (κ3) is 5.35. The fourth-order valence-electron chi connectivity index (χ4n) is 3.89. The molecule has 5 rings (SSSR count). The molecule has 0 radical (unpaired) electrons. The molecule has 6 nitrogen and oxygen atoms in total. The van der Waals surface area contributed by atoms with E-state index in [1.165, 1.54) is 6.07 Å². The molecule has 0 bridgehead atoms. The van der Waals surface area contributed by atoms with Crippen LogP contribution in [-0.4, -0.2) is 51.1 Å². The zero-order valence-corrected chi connectivity index (χ0v) is 19.0. The van der Waals surface area contributed by atoms with Gasteiger partial charge >= 0.3 is 6.18 Å². The molecule has 2 aromatic heterocycles. The molecule has 0 saturated carbocycles. The highest BCUT2D eigenvalue weighted by atomic mass is 32.1. The molecule has 0 unspecified atom stereocenters. The van der Waals surface area contributed by atoms with Crippen LogP contribution in [0.15, 0.2) is 64.5 Å². The molecule has 0 amide bonds. The largest absolute Gasteiger partial charge is 0.416 e. The van der Waals surface area contributed by atoms with E-state index in [9.17, 15) is 13.2 Å². The molecule has 10 heteroatoms. The Hall–Kier alpha value is -3.08. The van der Waals surface area contributed by atoms with Gasteiger partial charge in [-0.25, -0.2) is 4.98 Å². The summed E-state index contributed by atoms with van der Waals surface area (Å²) < 4.78 is 44.2. The Morgan fingerprint density at radius 3 is 2.29 bits per heavy atom. The minimum Gasteiger partial charge on any atom is -0.338 e. The van der Waals surface area contributed by atoms with Gasteiger partial charge in [-0.05, 0) is 12.1 Å². The number of hydrogen-bond donors (Lipinski definition) is 0. The smallest absolute Gasteiger partial charge is 0.338 e. The molecule has 1 aliphatic rings. The summed E-state index contributed by atoms with van der Waals surface area (Å²) in [6.07, 6.45) is -4.41. The van der Waals surface area contributed by atoms with Crippen molar-refractivity contribution in [1.82, 2.24) is 24.9 Å². The fourth-order valence-corrected chi connectivity index (χ4v) is 4.71. The maximum absolute atomic E-state index is 13.0. The number of halogens is 3. The van der Waals surface area contributed by atoms with E-state index in [0.717, 1.165) is 61.1 Å². The lowest BCUT2D eigenvalue weighted by atomic mass is 10.1. The van der Waals surface area contributed by atoms with E-state index < -0.39 is 11.7 Å². The quantitative estimate of drug-likeness (QED) is 0.374. The van der Waals surface area contributed by atoms with Crippen LogP contribution in [0, 0.1) is 0 Å². The van der Waals surface area contributed by atoms with Crippen LogP contribution in [0.2, 0.25) is 0 Å². The average Bonchev–Trinajstić information content (AvgIpc) is 3.50. The lowest BCUT2D eigenvalue weighted by Gasteiger charge is -2.33. The minimum absolute atomic E-state index is 0.164. The van der Waals surface area contributed by atoms with Gasteiger partial charge in [0.15, 0.2) is 0 Å². The Labute approximate surface area is 198 Å². The first kappa shape index (κ1) is 22.7. The zero-order chi connectivity index (χ0) is 23.5. The Morgan fingerprint density at radius 1 is 0.853 bits per heavy atom. The molecule has 1 aliphatic heterocycles. The first-order chi connectivity index (χ1) is 16.4. The number of alkyl halides is 3. The summed E-state index contributed by atoms with van der Waals surface area (Å²) >= 11 is 1.66. The third-order valence-corrected chi connectivity index (χ3v) is 6.64. The number of hydrogen-bond acceptors (Lipinski definition) is 7. The van der Waals surface area contributed by atoms with Crippen molar-refractivity contribution >= 4 is 11.3 Å². The maximum atomic E-state index is 13.0. The van der Waals surface area contributed by atoms with Gasteiger partial charge in [-0.3, -0.25) is 9.80 Å². The molecule has 4 aromatic rings. The summed E-state index contributed by atoms with van der Waals surface area (Å²) in [4.78, 5) is 13.6. The van der Waals surface area contributed by atoms with Crippen LogP contribution < -0.4 is 0 Å².